The molecule has 0 bridgehead atoms. The van der Waals surface area contributed by atoms with E-state index < -0.39 is 35.0 Å². The molecule has 1 N–H and O–H groups in total. The van der Waals surface area contributed by atoms with Gasteiger partial charge in [0.1, 0.15) is 11.4 Å². The van der Waals surface area contributed by atoms with E-state index in [0.717, 1.165) is 0 Å². The number of carbonyl (C=O) groups is 1. The van der Waals surface area contributed by atoms with Crippen molar-refractivity contribution in [2.24, 2.45) is 0 Å². The first-order chi connectivity index (χ1) is 14.4. The molecule has 12 heteroatoms. The molecule has 0 atom stereocenters. The van der Waals surface area contributed by atoms with Crippen molar-refractivity contribution in [1.29, 1.82) is 0 Å². The number of halogens is 6. The predicted molar refractivity (Wildman–Crippen MR) is 96.3 cm³/mol. The normalized spacial score (nSPS) is 11.0. The molecule has 174 valence electrons. The SMILES string of the molecule is COc1ccnc(-c2[c-]c(C(F)(F)F)cc(C(F)(F)F)c2)c1.O=C(O)c1ccccn1.[Pt]. The number of benzene rings is 1. The molecule has 32 heavy (non-hydrogen) atoms. The summed E-state index contributed by atoms with van der Waals surface area (Å²) in [6, 6.07) is 9.91. The van der Waals surface area contributed by atoms with Gasteiger partial charge in [0.2, 0.25) is 0 Å². The summed E-state index contributed by atoms with van der Waals surface area (Å²) in [6.07, 6.45) is -7.20. The summed E-state index contributed by atoms with van der Waals surface area (Å²) in [5.41, 5.74) is -3.37. The summed E-state index contributed by atoms with van der Waals surface area (Å²) < 4.78 is 81.4. The molecule has 0 unspecified atom stereocenters. The Hall–Kier alpha value is -2.94. The molecular formula is C20H13F6N2O3Pt-. The number of hydrogen-bond donors (Lipinski definition) is 1. The molecule has 2 heterocycles. The molecule has 0 amide bonds. The van der Waals surface area contributed by atoms with E-state index in [4.69, 9.17) is 9.84 Å². The van der Waals surface area contributed by atoms with Crippen molar-refractivity contribution in [3.8, 4) is 17.0 Å². The Kier molecular flexibility index (Phi) is 9.38. The maximum absolute atomic E-state index is 12.8. The van der Waals surface area contributed by atoms with Gasteiger partial charge in [-0.15, -0.1) is 23.8 Å². The Morgan fingerprint density at radius 1 is 0.969 bits per heavy atom. The molecule has 0 spiro atoms. The number of ether oxygens (including phenoxy) is 1. The van der Waals surface area contributed by atoms with Crippen molar-refractivity contribution in [3.63, 3.8) is 0 Å². The van der Waals surface area contributed by atoms with Gasteiger partial charge in [-0.05, 0) is 41.1 Å². The Bertz CT molecular complexity index is 1010. The van der Waals surface area contributed by atoms with E-state index in [1.54, 1.807) is 12.1 Å². The molecule has 0 fully saturated rings. The summed E-state index contributed by atoms with van der Waals surface area (Å²) in [7, 11) is 1.32. The van der Waals surface area contributed by atoms with Gasteiger partial charge in [-0.2, -0.15) is 26.3 Å². The van der Waals surface area contributed by atoms with Gasteiger partial charge >= 0.3 is 18.3 Å². The van der Waals surface area contributed by atoms with Gasteiger partial charge in [-0.1, -0.05) is 6.07 Å². The maximum Gasteiger partial charge on any atom is 0.399 e. The topological polar surface area (TPSA) is 72.3 Å². The molecule has 5 nitrogen and oxygen atoms in total. The third-order valence-electron chi connectivity index (χ3n) is 3.63. The average Bonchev–Trinajstić information content (AvgIpc) is 2.73. The van der Waals surface area contributed by atoms with Crippen LogP contribution in [-0.4, -0.2) is 28.2 Å². The van der Waals surface area contributed by atoms with Crippen LogP contribution in [-0.2, 0) is 33.4 Å². The first-order valence-corrected chi connectivity index (χ1v) is 8.28. The van der Waals surface area contributed by atoms with Gasteiger partial charge in [-0.25, -0.2) is 9.78 Å². The van der Waals surface area contributed by atoms with Crippen molar-refractivity contribution >= 4 is 5.97 Å². The van der Waals surface area contributed by atoms with Crippen LogP contribution in [0.25, 0.3) is 11.3 Å². The third-order valence-corrected chi connectivity index (χ3v) is 3.63. The van der Waals surface area contributed by atoms with Crippen LogP contribution in [0.3, 0.4) is 0 Å². The number of pyridine rings is 2. The second-order valence-corrected chi connectivity index (χ2v) is 5.79. The number of methoxy groups -OCH3 is 1. The van der Waals surface area contributed by atoms with E-state index in [-0.39, 0.29) is 44.3 Å². The number of aromatic carboxylic acids is 1. The zero-order valence-corrected chi connectivity index (χ0v) is 18.2. The molecule has 2 aromatic heterocycles. The molecule has 1 aromatic carbocycles. The van der Waals surface area contributed by atoms with Crippen molar-refractivity contribution in [2.75, 3.05) is 7.11 Å². The van der Waals surface area contributed by atoms with Crippen LogP contribution < -0.4 is 4.74 Å². The Morgan fingerprint density at radius 2 is 1.66 bits per heavy atom. The number of hydrogen-bond acceptors (Lipinski definition) is 4. The fourth-order valence-corrected chi connectivity index (χ4v) is 2.20. The van der Waals surface area contributed by atoms with Crippen molar-refractivity contribution in [1.82, 2.24) is 9.97 Å². The van der Waals surface area contributed by atoms with E-state index in [0.29, 0.717) is 6.07 Å². The first kappa shape index (κ1) is 27.1. The quantitative estimate of drug-likeness (QED) is 0.309. The van der Waals surface area contributed by atoms with Gasteiger partial charge in [-0.3, -0.25) is 0 Å². The molecule has 0 aliphatic rings. The van der Waals surface area contributed by atoms with Gasteiger partial charge in [0.15, 0.2) is 0 Å². The van der Waals surface area contributed by atoms with Crippen LogP contribution in [0.5, 0.6) is 5.75 Å². The van der Waals surface area contributed by atoms with E-state index in [2.05, 4.69) is 9.97 Å². The molecule has 0 saturated heterocycles. The monoisotopic (exact) mass is 638 g/mol. The van der Waals surface area contributed by atoms with Crippen molar-refractivity contribution < 1.29 is 62.0 Å². The molecule has 3 aromatic rings. The van der Waals surface area contributed by atoms with Crippen LogP contribution in [0.1, 0.15) is 21.6 Å². The number of carboxylic acids is 1. The number of rotatable bonds is 3. The minimum atomic E-state index is -4.95. The zero-order chi connectivity index (χ0) is 23.2. The van der Waals surface area contributed by atoms with Crippen LogP contribution in [0.2, 0.25) is 0 Å². The van der Waals surface area contributed by atoms with Gasteiger partial charge in [0.05, 0.1) is 7.11 Å². The second kappa shape index (κ2) is 11.1. The molecule has 3 rings (SSSR count). The summed E-state index contributed by atoms with van der Waals surface area (Å²) in [5.74, 6) is -0.736. The fraction of sp³-hybridized carbons (Fsp3) is 0.150. The molecule has 0 radical (unpaired) electrons. The summed E-state index contributed by atoms with van der Waals surface area (Å²) in [4.78, 5) is 17.5. The minimum Gasteiger partial charge on any atom is -0.497 e. The van der Waals surface area contributed by atoms with Gasteiger partial charge in [0.25, 0.3) is 0 Å². The van der Waals surface area contributed by atoms with E-state index in [1.165, 1.54) is 37.7 Å². The number of aromatic nitrogens is 2. The fourth-order valence-electron chi connectivity index (χ4n) is 2.20. The Balaban J connectivity index is 0.000000431. The average molecular weight is 638 g/mol. The smallest absolute Gasteiger partial charge is 0.399 e. The molecule has 0 aliphatic heterocycles. The number of nitrogens with zero attached hydrogens (tertiary/aromatic N) is 2. The van der Waals surface area contributed by atoms with Crippen molar-refractivity contribution in [3.05, 3.63) is 77.7 Å². The maximum atomic E-state index is 12.8. The van der Waals surface area contributed by atoms with E-state index >= 15 is 0 Å². The number of alkyl halides is 6. The second-order valence-electron chi connectivity index (χ2n) is 5.79. The predicted octanol–water partition coefficient (Wildman–Crippen LogP) is 5.37. The molecule has 0 saturated carbocycles. The third kappa shape index (κ3) is 7.63. The van der Waals surface area contributed by atoms with E-state index in [1.807, 2.05) is 6.07 Å². The van der Waals surface area contributed by atoms with Gasteiger partial charge in [0, 0.05) is 33.5 Å². The Labute approximate surface area is 192 Å². The van der Waals surface area contributed by atoms with Gasteiger partial charge < -0.3 is 14.8 Å². The molecular weight excluding hydrogens is 625 g/mol. The summed E-state index contributed by atoms with van der Waals surface area (Å²) in [6.45, 7) is 0. The van der Waals surface area contributed by atoms with Crippen LogP contribution in [0, 0.1) is 6.07 Å². The summed E-state index contributed by atoms with van der Waals surface area (Å²) in [5, 5.41) is 8.32. The van der Waals surface area contributed by atoms with Crippen molar-refractivity contribution in [2.45, 2.75) is 12.4 Å². The van der Waals surface area contributed by atoms with Crippen LogP contribution in [0.15, 0.2) is 54.9 Å². The summed E-state index contributed by atoms with van der Waals surface area (Å²) >= 11 is 0. The standard InChI is InChI=1S/C14H8F6NO.C6H5NO2.Pt/c1-22-11-2-3-21-12(7-11)8-4-9(13(15,16)17)6-10(5-8)14(18,19)20;8-6(9)5-3-1-2-4-7-5;/h2-4,6-7H,1H3;1-4H,(H,8,9);/q-1;;. The van der Waals surface area contributed by atoms with Crippen LogP contribution in [0.4, 0.5) is 26.3 Å². The minimum absolute atomic E-state index is 0. The Morgan fingerprint density at radius 3 is 2.12 bits per heavy atom. The molecule has 0 aliphatic carbocycles. The zero-order valence-electron chi connectivity index (χ0n) is 15.9. The largest absolute Gasteiger partial charge is 0.497 e. The first-order valence-electron chi connectivity index (χ1n) is 8.28. The number of carboxylic acid groups (broad SMARTS) is 1. The van der Waals surface area contributed by atoms with Crippen LogP contribution >= 0.6 is 0 Å². The van der Waals surface area contributed by atoms with E-state index in [9.17, 15) is 31.1 Å².